The molecule has 0 N–H and O–H groups in total. The normalized spacial score (nSPS) is 30.9. The van der Waals surface area contributed by atoms with Crippen LogP contribution in [0, 0.1) is 0 Å². The van der Waals surface area contributed by atoms with Gasteiger partial charge in [0.2, 0.25) is 5.91 Å². The Kier molecular flexibility index (Phi) is 3.74. The number of hydrazone groups is 1. The minimum Gasteiger partial charge on any atom is -0.374 e. The van der Waals surface area contributed by atoms with Crippen molar-refractivity contribution >= 4 is 17.5 Å². The molecule has 2 heterocycles. The van der Waals surface area contributed by atoms with Gasteiger partial charge in [-0.2, -0.15) is 5.10 Å². The fourth-order valence-electron chi connectivity index (χ4n) is 3.34. The van der Waals surface area contributed by atoms with E-state index < -0.39 is 0 Å². The maximum absolute atomic E-state index is 12.7. The highest BCUT2D eigenvalue weighted by atomic mass is 16.5. The van der Waals surface area contributed by atoms with Crippen molar-refractivity contribution in [1.82, 2.24) is 9.91 Å². The van der Waals surface area contributed by atoms with Crippen molar-refractivity contribution in [2.45, 2.75) is 50.7 Å². The van der Waals surface area contributed by atoms with Gasteiger partial charge in [-0.1, -0.05) is 12.8 Å². The lowest BCUT2D eigenvalue weighted by Crippen LogP contribution is -2.56. The lowest BCUT2D eigenvalue weighted by Gasteiger charge is -2.44. The monoisotopic (exact) mass is 279 g/mol. The van der Waals surface area contributed by atoms with Gasteiger partial charge in [-0.3, -0.25) is 9.59 Å². The molecule has 3 rings (SSSR count). The number of nitrogens with zero attached hydrogens (tertiary/aromatic N) is 3. The molecule has 6 heteroatoms. The third kappa shape index (κ3) is 2.44. The van der Waals surface area contributed by atoms with Crippen molar-refractivity contribution < 1.29 is 14.3 Å². The number of hydrogen-bond donors (Lipinski definition) is 0. The Hall–Kier alpha value is -1.43. The largest absolute Gasteiger partial charge is 0.374 e. The highest BCUT2D eigenvalue weighted by Crippen LogP contribution is 2.29. The van der Waals surface area contributed by atoms with Gasteiger partial charge in [0.25, 0.3) is 5.91 Å². The average Bonchev–Trinajstić information content (AvgIpc) is 2.49. The topological polar surface area (TPSA) is 62.2 Å². The molecule has 0 spiro atoms. The summed E-state index contributed by atoms with van der Waals surface area (Å²) in [5, 5.41) is 5.43. The smallest absolute Gasteiger partial charge is 0.270 e. The van der Waals surface area contributed by atoms with Crippen LogP contribution in [0.3, 0.4) is 0 Å². The van der Waals surface area contributed by atoms with Crippen LogP contribution in [0.2, 0.25) is 0 Å². The number of fused-ring (bicyclic) bond motifs is 1. The summed E-state index contributed by atoms with van der Waals surface area (Å²) in [6.45, 7) is 1.24. The van der Waals surface area contributed by atoms with Crippen molar-refractivity contribution in [1.29, 1.82) is 0 Å². The average molecular weight is 279 g/mol. The van der Waals surface area contributed by atoms with Crippen molar-refractivity contribution in [3.8, 4) is 0 Å². The van der Waals surface area contributed by atoms with Crippen LogP contribution in [0.15, 0.2) is 5.10 Å². The molecule has 3 aliphatic rings. The van der Waals surface area contributed by atoms with E-state index in [0.29, 0.717) is 31.7 Å². The van der Waals surface area contributed by atoms with E-state index in [9.17, 15) is 9.59 Å². The first-order valence-corrected chi connectivity index (χ1v) is 7.43. The molecule has 2 aliphatic heterocycles. The maximum Gasteiger partial charge on any atom is 0.270 e. The zero-order valence-electron chi connectivity index (χ0n) is 11.9. The van der Waals surface area contributed by atoms with Crippen LogP contribution < -0.4 is 0 Å². The van der Waals surface area contributed by atoms with Crippen LogP contribution in [0.25, 0.3) is 0 Å². The molecule has 0 unspecified atom stereocenters. The van der Waals surface area contributed by atoms with E-state index in [2.05, 4.69) is 5.10 Å². The van der Waals surface area contributed by atoms with E-state index in [1.807, 2.05) is 4.90 Å². The van der Waals surface area contributed by atoms with Gasteiger partial charge >= 0.3 is 0 Å². The standard InChI is InChI=1S/C14H21N3O3/c1-16-13(18)7-6-10(15-16)14(19)17-8-9-20-12-5-3-2-4-11(12)17/h11-12H,2-9H2,1H3/t11-,12-/m1/s1. The zero-order chi connectivity index (χ0) is 14.1. The molecule has 0 aromatic rings. The molecule has 2 fully saturated rings. The van der Waals surface area contributed by atoms with Gasteiger partial charge in [-0.05, 0) is 12.8 Å². The first-order chi connectivity index (χ1) is 9.66. The maximum atomic E-state index is 12.7. The minimum atomic E-state index is -0.0286. The molecule has 6 nitrogen and oxygen atoms in total. The molecular weight excluding hydrogens is 258 g/mol. The van der Waals surface area contributed by atoms with Crippen molar-refractivity contribution in [2.75, 3.05) is 20.2 Å². The molecule has 0 radical (unpaired) electrons. The van der Waals surface area contributed by atoms with Gasteiger partial charge in [-0.25, -0.2) is 5.01 Å². The number of ether oxygens (including phenoxy) is 1. The summed E-state index contributed by atoms with van der Waals surface area (Å²) in [7, 11) is 1.61. The van der Waals surface area contributed by atoms with Crippen molar-refractivity contribution in [3.63, 3.8) is 0 Å². The SMILES string of the molecule is CN1N=C(C(=O)N2CCO[C@@H]3CCCC[C@H]32)CCC1=O. The lowest BCUT2D eigenvalue weighted by atomic mass is 9.89. The number of carbonyl (C=O) groups excluding carboxylic acids is 2. The number of morpholine rings is 1. The van der Waals surface area contributed by atoms with E-state index in [1.165, 1.54) is 11.4 Å². The van der Waals surface area contributed by atoms with Crippen LogP contribution >= 0.6 is 0 Å². The minimum absolute atomic E-state index is 0.00968. The molecule has 0 aromatic heterocycles. The van der Waals surface area contributed by atoms with Crippen LogP contribution in [0.1, 0.15) is 38.5 Å². The molecule has 1 saturated heterocycles. The Morgan fingerprint density at radius 3 is 2.90 bits per heavy atom. The van der Waals surface area contributed by atoms with E-state index >= 15 is 0 Å². The van der Waals surface area contributed by atoms with E-state index in [1.54, 1.807) is 7.05 Å². The summed E-state index contributed by atoms with van der Waals surface area (Å²) in [6, 6.07) is 0.190. The Bertz CT molecular complexity index is 447. The second-order valence-electron chi connectivity index (χ2n) is 5.72. The number of rotatable bonds is 1. The molecule has 1 saturated carbocycles. The third-order valence-electron chi connectivity index (χ3n) is 4.45. The van der Waals surface area contributed by atoms with Gasteiger partial charge in [0.15, 0.2) is 0 Å². The van der Waals surface area contributed by atoms with Crippen LogP contribution in [0.5, 0.6) is 0 Å². The summed E-state index contributed by atoms with van der Waals surface area (Å²) in [4.78, 5) is 26.0. The van der Waals surface area contributed by atoms with E-state index in [4.69, 9.17) is 4.74 Å². The Morgan fingerprint density at radius 2 is 2.10 bits per heavy atom. The first kappa shape index (κ1) is 13.5. The molecular formula is C14H21N3O3. The molecule has 2 amide bonds. The third-order valence-corrected chi connectivity index (χ3v) is 4.45. The predicted molar refractivity (Wildman–Crippen MR) is 73.1 cm³/mol. The van der Waals surface area contributed by atoms with Crippen LogP contribution in [-0.4, -0.2) is 59.8 Å². The van der Waals surface area contributed by atoms with Gasteiger partial charge in [0.1, 0.15) is 5.71 Å². The summed E-state index contributed by atoms with van der Waals surface area (Å²) < 4.78 is 5.79. The predicted octanol–water partition coefficient (Wildman–Crippen LogP) is 0.765. The van der Waals surface area contributed by atoms with Gasteiger partial charge in [-0.15, -0.1) is 0 Å². The summed E-state index contributed by atoms with van der Waals surface area (Å²) in [6.07, 6.45) is 5.40. The van der Waals surface area contributed by atoms with Crippen molar-refractivity contribution in [2.24, 2.45) is 5.10 Å². The molecule has 2 atom stereocenters. The van der Waals surface area contributed by atoms with Crippen LogP contribution in [-0.2, 0) is 14.3 Å². The lowest BCUT2D eigenvalue weighted by molar-refractivity contribution is -0.143. The fraction of sp³-hybridized carbons (Fsp3) is 0.786. The second kappa shape index (κ2) is 5.52. The van der Waals surface area contributed by atoms with E-state index in [-0.39, 0.29) is 24.0 Å². The van der Waals surface area contributed by atoms with Gasteiger partial charge in [0.05, 0.1) is 18.8 Å². The zero-order valence-corrected chi connectivity index (χ0v) is 11.9. The summed E-state index contributed by atoms with van der Waals surface area (Å²) in [5.74, 6) is -0.0383. The quantitative estimate of drug-likeness (QED) is 0.712. The second-order valence-corrected chi connectivity index (χ2v) is 5.72. The first-order valence-electron chi connectivity index (χ1n) is 7.43. The number of carbonyl (C=O) groups is 2. The Labute approximate surface area is 118 Å². The molecule has 20 heavy (non-hydrogen) atoms. The molecule has 0 aromatic carbocycles. The highest BCUT2D eigenvalue weighted by Gasteiger charge is 2.38. The molecule has 110 valence electrons. The van der Waals surface area contributed by atoms with Gasteiger partial charge < -0.3 is 9.64 Å². The molecule has 0 bridgehead atoms. The van der Waals surface area contributed by atoms with Crippen molar-refractivity contribution in [3.05, 3.63) is 0 Å². The Balaban J connectivity index is 1.75. The summed E-state index contributed by atoms with van der Waals surface area (Å²) in [5.41, 5.74) is 0.512. The number of hydrogen-bond acceptors (Lipinski definition) is 4. The summed E-state index contributed by atoms with van der Waals surface area (Å²) >= 11 is 0. The Morgan fingerprint density at radius 1 is 1.30 bits per heavy atom. The molecule has 1 aliphatic carbocycles. The van der Waals surface area contributed by atoms with Crippen LogP contribution in [0.4, 0.5) is 0 Å². The van der Waals surface area contributed by atoms with E-state index in [0.717, 1.165) is 19.3 Å². The number of amides is 2. The van der Waals surface area contributed by atoms with Gasteiger partial charge in [0, 0.05) is 26.4 Å². The fourth-order valence-corrected chi connectivity index (χ4v) is 3.34. The highest BCUT2D eigenvalue weighted by molar-refractivity contribution is 6.39.